The van der Waals surface area contributed by atoms with Crippen molar-refractivity contribution < 1.29 is 9.59 Å². The molecular formula is C20H27N5O2. The van der Waals surface area contributed by atoms with Crippen LogP contribution in [0.1, 0.15) is 67.9 Å². The minimum atomic E-state index is -0.500. The molecule has 2 N–H and O–H groups in total. The third-order valence-corrected chi connectivity index (χ3v) is 5.37. The maximum absolute atomic E-state index is 13.0. The largest absolute Gasteiger partial charge is 0.344 e. The van der Waals surface area contributed by atoms with E-state index in [2.05, 4.69) is 34.1 Å². The Balaban J connectivity index is 1.55. The van der Waals surface area contributed by atoms with E-state index in [1.807, 2.05) is 4.90 Å². The average molecular weight is 369 g/mol. The number of fused-ring (bicyclic) bond motifs is 1. The molecule has 1 aliphatic carbocycles. The van der Waals surface area contributed by atoms with Crippen molar-refractivity contribution in [2.45, 2.75) is 57.9 Å². The van der Waals surface area contributed by atoms with Gasteiger partial charge >= 0.3 is 0 Å². The molecule has 0 unspecified atom stereocenters. The number of aromatic amines is 1. The highest BCUT2D eigenvalue weighted by Gasteiger charge is 2.30. The maximum atomic E-state index is 13.0. The van der Waals surface area contributed by atoms with E-state index in [9.17, 15) is 9.59 Å². The van der Waals surface area contributed by atoms with Gasteiger partial charge in [-0.2, -0.15) is 0 Å². The summed E-state index contributed by atoms with van der Waals surface area (Å²) in [6.07, 6.45) is 8.40. The van der Waals surface area contributed by atoms with Crippen LogP contribution in [0.2, 0.25) is 0 Å². The van der Waals surface area contributed by atoms with Gasteiger partial charge in [-0.25, -0.2) is 9.97 Å². The second kappa shape index (κ2) is 7.29. The summed E-state index contributed by atoms with van der Waals surface area (Å²) in [5.41, 5.74) is 2.61. The van der Waals surface area contributed by atoms with Gasteiger partial charge in [-0.1, -0.05) is 13.8 Å². The number of nitrogens with one attached hydrogen (secondary N) is 2. The van der Waals surface area contributed by atoms with Gasteiger partial charge in [-0.3, -0.25) is 9.59 Å². The second-order valence-corrected chi connectivity index (χ2v) is 8.16. The summed E-state index contributed by atoms with van der Waals surface area (Å²) < 4.78 is 0. The Morgan fingerprint density at radius 3 is 2.70 bits per heavy atom. The normalized spacial score (nSPS) is 18.3. The molecule has 4 rings (SSSR count). The van der Waals surface area contributed by atoms with Crippen LogP contribution >= 0.6 is 0 Å². The zero-order valence-corrected chi connectivity index (χ0v) is 16.0. The predicted molar refractivity (Wildman–Crippen MR) is 102 cm³/mol. The second-order valence-electron chi connectivity index (χ2n) is 8.16. The van der Waals surface area contributed by atoms with E-state index in [4.69, 9.17) is 0 Å². The molecule has 144 valence electrons. The molecule has 3 heterocycles. The topological polar surface area (TPSA) is 91.0 Å². The van der Waals surface area contributed by atoms with Crippen LogP contribution in [-0.2, 0) is 4.79 Å². The van der Waals surface area contributed by atoms with E-state index in [0.717, 1.165) is 44.5 Å². The van der Waals surface area contributed by atoms with E-state index in [0.29, 0.717) is 35.0 Å². The van der Waals surface area contributed by atoms with Gasteiger partial charge in [0.2, 0.25) is 5.91 Å². The Kier molecular flexibility index (Phi) is 4.85. The molecule has 2 amide bonds. The average Bonchev–Trinajstić information content (AvgIpc) is 3.18. The van der Waals surface area contributed by atoms with Crippen molar-refractivity contribution >= 4 is 23.0 Å². The van der Waals surface area contributed by atoms with Gasteiger partial charge in [0, 0.05) is 25.2 Å². The molecule has 1 atom stereocenters. The Labute approximate surface area is 158 Å². The van der Waals surface area contributed by atoms with Crippen LogP contribution in [-0.4, -0.2) is 50.8 Å². The Hall–Kier alpha value is -2.44. The zero-order valence-electron chi connectivity index (χ0n) is 16.0. The van der Waals surface area contributed by atoms with Gasteiger partial charge in [0.1, 0.15) is 11.6 Å². The quantitative estimate of drug-likeness (QED) is 0.819. The van der Waals surface area contributed by atoms with Crippen LogP contribution in [0.15, 0.2) is 12.4 Å². The number of amides is 2. The van der Waals surface area contributed by atoms with Gasteiger partial charge in [0.15, 0.2) is 5.65 Å². The van der Waals surface area contributed by atoms with E-state index in [-0.39, 0.29) is 11.8 Å². The van der Waals surface area contributed by atoms with Crippen molar-refractivity contribution in [1.82, 2.24) is 25.2 Å². The molecule has 2 fully saturated rings. The van der Waals surface area contributed by atoms with Crippen molar-refractivity contribution in [3.63, 3.8) is 0 Å². The Morgan fingerprint density at radius 2 is 2.04 bits per heavy atom. The van der Waals surface area contributed by atoms with Crippen molar-refractivity contribution in [3.8, 4) is 0 Å². The number of aromatic nitrogens is 3. The summed E-state index contributed by atoms with van der Waals surface area (Å²) in [7, 11) is 0. The van der Waals surface area contributed by atoms with Crippen LogP contribution in [0.5, 0.6) is 0 Å². The number of likely N-dealkylation sites (tertiary alicyclic amines) is 1. The first kappa shape index (κ1) is 17.9. The molecule has 0 spiro atoms. The van der Waals surface area contributed by atoms with Crippen LogP contribution in [0.3, 0.4) is 0 Å². The first-order valence-electron chi connectivity index (χ1n) is 9.96. The summed E-state index contributed by atoms with van der Waals surface area (Å²) in [6, 6.07) is -0.500. The van der Waals surface area contributed by atoms with Gasteiger partial charge in [-0.15, -0.1) is 0 Å². The molecule has 7 nitrogen and oxygen atoms in total. The smallest absolute Gasteiger partial charge is 0.255 e. The van der Waals surface area contributed by atoms with Gasteiger partial charge in [-0.05, 0) is 38.0 Å². The van der Waals surface area contributed by atoms with Crippen molar-refractivity contribution in [2.24, 2.45) is 5.92 Å². The van der Waals surface area contributed by atoms with Gasteiger partial charge in [0.05, 0.1) is 17.5 Å². The highest BCUT2D eigenvalue weighted by atomic mass is 16.2. The fraction of sp³-hybridized carbons (Fsp3) is 0.600. The van der Waals surface area contributed by atoms with Crippen LogP contribution in [0.25, 0.3) is 11.2 Å². The zero-order chi connectivity index (χ0) is 19.0. The summed E-state index contributed by atoms with van der Waals surface area (Å²) in [4.78, 5) is 39.8. The number of hydrogen-bond donors (Lipinski definition) is 2. The number of hydrogen-bond acceptors (Lipinski definition) is 4. The number of carbonyl (C=O) groups excluding carboxylic acids is 2. The highest BCUT2D eigenvalue weighted by Crippen LogP contribution is 2.39. The SMILES string of the molecule is CC(C)C[C@@H](NC(=O)c1c[nH]c2ncc(C3CC3)nc12)C(=O)N1CCCC1. The Morgan fingerprint density at radius 1 is 1.30 bits per heavy atom. The van der Waals surface area contributed by atoms with Crippen LogP contribution < -0.4 is 5.32 Å². The predicted octanol–water partition coefficient (Wildman–Crippen LogP) is 2.60. The van der Waals surface area contributed by atoms with Gasteiger partial charge in [0.25, 0.3) is 5.91 Å². The van der Waals surface area contributed by atoms with E-state index < -0.39 is 6.04 Å². The lowest BCUT2D eigenvalue weighted by molar-refractivity contribution is -0.132. The molecular weight excluding hydrogens is 342 g/mol. The number of rotatable bonds is 6. The van der Waals surface area contributed by atoms with Gasteiger partial charge < -0.3 is 15.2 Å². The first-order valence-corrected chi connectivity index (χ1v) is 9.96. The fourth-order valence-corrected chi connectivity index (χ4v) is 3.74. The van der Waals surface area contributed by atoms with Crippen molar-refractivity contribution in [1.29, 1.82) is 0 Å². The van der Waals surface area contributed by atoms with Crippen molar-refractivity contribution in [3.05, 3.63) is 23.7 Å². The van der Waals surface area contributed by atoms with E-state index in [1.165, 1.54) is 0 Å². The van der Waals surface area contributed by atoms with Crippen molar-refractivity contribution in [2.75, 3.05) is 13.1 Å². The molecule has 2 aromatic rings. The molecule has 1 saturated carbocycles. The summed E-state index contributed by atoms with van der Waals surface area (Å²) in [5.74, 6) is 0.546. The lowest BCUT2D eigenvalue weighted by Gasteiger charge is -2.25. The summed E-state index contributed by atoms with van der Waals surface area (Å²) in [6.45, 7) is 5.70. The summed E-state index contributed by atoms with van der Waals surface area (Å²) in [5, 5.41) is 2.97. The maximum Gasteiger partial charge on any atom is 0.255 e. The van der Waals surface area contributed by atoms with E-state index >= 15 is 0 Å². The minimum Gasteiger partial charge on any atom is -0.344 e. The number of carbonyl (C=O) groups is 2. The van der Waals surface area contributed by atoms with Crippen LogP contribution in [0, 0.1) is 5.92 Å². The number of H-pyrrole nitrogens is 1. The highest BCUT2D eigenvalue weighted by molar-refractivity contribution is 6.05. The molecule has 2 aliphatic rings. The molecule has 1 aliphatic heterocycles. The minimum absolute atomic E-state index is 0.0270. The fourth-order valence-electron chi connectivity index (χ4n) is 3.74. The lowest BCUT2D eigenvalue weighted by Crippen LogP contribution is -2.48. The molecule has 2 aromatic heterocycles. The van der Waals surface area contributed by atoms with Crippen LogP contribution in [0.4, 0.5) is 0 Å². The molecule has 27 heavy (non-hydrogen) atoms. The molecule has 0 aromatic carbocycles. The molecule has 7 heteroatoms. The number of nitrogens with zero attached hydrogens (tertiary/aromatic N) is 3. The molecule has 0 bridgehead atoms. The first-order chi connectivity index (χ1) is 13.0. The lowest BCUT2D eigenvalue weighted by atomic mass is 10.0. The monoisotopic (exact) mass is 369 g/mol. The molecule has 0 radical (unpaired) electrons. The molecule has 1 saturated heterocycles. The summed E-state index contributed by atoms with van der Waals surface area (Å²) >= 11 is 0. The Bertz CT molecular complexity index is 849. The third kappa shape index (κ3) is 3.82. The third-order valence-electron chi connectivity index (χ3n) is 5.37. The standard InChI is InChI=1S/C20H27N5O2/c1-12(2)9-15(20(27)25-7-3-4-8-25)24-19(26)14-10-21-18-17(14)23-16(11-22-18)13-5-6-13/h10-13,15H,3-9H2,1-2H3,(H,21,22)(H,24,26)/t15-/m1/s1. The van der Waals surface area contributed by atoms with E-state index in [1.54, 1.807) is 12.4 Å².